The van der Waals surface area contributed by atoms with Gasteiger partial charge in [-0.1, -0.05) is 68.4 Å². The van der Waals surface area contributed by atoms with Gasteiger partial charge >= 0.3 is 36.4 Å². The molecule has 7 rings (SSSR count). The van der Waals surface area contributed by atoms with Crippen molar-refractivity contribution in [1.82, 2.24) is 16.0 Å². The lowest BCUT2D eigenvalue weighted by Gasteiger charge is -2.49. The summed E-state index contributed by atoms with van der Waals surface area (Å²) in [6.45, 7) is 3.05. The number of anilines is 2. The van der Waals surface area contributed by atoms with Crippen LogP contribution in [0.1, 0.15) is 59.3 Å². The van der Waals surface area contributed by atoms with Crippen LogP contribution in [0.2, 0.25) is 0 Å². The van der Waals surface area contributed by atoms with E-state index in [2.05, 4.69) is 26.6 Å². The Hall–Kier alpha value is -7.81. The van der Waals surface area contributed by atoms with Crippen LogP contribution >= 0.6 is 0 Å². The van der Waals surface area contributed by atoms with E-state index in [0.717, 1.165) is 42.0 Å². The minimum absolute atomic E-state index is 0.0160. The van der Waals surface area contributed by atoms with Gasteiger partial charge in [-0.05, 0) is 102 Å². The number of esters is 2. The van der Waals surface area contributed by atoms with Gasteiger partial charge < -0.3 is 70.2 Å². The molecule has 25 heteroatoms. The number of rotatable bonds is 22. The highest BCUT2D eigenvalue weighted by atomic mass is 19.4. The fraction of sp³-hybridized carbons (Fsp3) is 0.397. The average molecular weight is 1170 g/mol. The first-order valence-corrected chi connectivity index (χ1v) is 26.3. The summed E-state index contributed by atoms with van der Waals surface area (Å²) < 4.78 is 130. The number of ether oxygens (including phenoxy) is 8. The summed E-state index contributed by atoms with van der Waals surface area (Å²) in [4.78, 5) is 67.8. The molecular weight excluding hydrogens is 1100 g/mol. The zero-order chi connectivity index (χ0) is 59.8. The van der Waals surface area contributed by atoms with Crippen LogP contribution in [0.4, 0.5) is 47.3 Å². The topological polar surface area (TPSA) is 245 Å². The van der Waals surface area contributed by atoms with Gasteiger partial charge in [0.15, 0.2) is 6.29 Å². The van der Waals surface area contributed by atoms with Crippen LogP contribution in [0.3, 0.4) is 0 Å². The summed E-state index contributed by atoms with van der Waals surface area (Å²) in [5.74, 6) is -2.66. The number of hydrogen-bond acceptors (Lipinski definition) is 14. The van der Waals surface area contributed by atoms with Crippen LogP contribution in [-0.2, 0) is 63.6 Å². The first-order valence-electron chi connectivity index (χ1n) is 26.3. The highest BCUT2D eigenvalue weighted by Gasteiger charge is 2.49. The lowest BCUT2D eigenvalue weighted by Crippen LogP contribution is -2.69. The maximum Gasteiger partial charge on any atom is 0.416 e. The molecule has 5 aromatic carbocycles. The first-order chi connectivity index (χ1) is 39.6. The summed E-state index contributed by atoms with van der Waals surface area (Å²) in [6, 6.07) is 22.3. The smallest absolute Gasteiger partial charge is 0.416 e. The minimum atomic E-state index is -4.76. The molecule has 2 saturated heterocycles. The monoisotopic (exact) mass is 1170 g/mol. The van der Waals surface area contributed by atoms with E-state index in [4.69, 9.17) is 43.6 Å². The molecule has 446 valence electrons. The van der Waals surface area contributed by atoms with E-state index in [0.29, 0.717) is 17.1 Å². The second-order valence-corrected chi connectivity index (χ2v) is 19.8. The van der Waals surface area contributed by atoms with Crippen molar-refractivity contribution < 1.29 is 88.2 Å². The van der Waals surface area contributed by atoms with Gasteiger partial charge in [0.1, 0.15) is 29.7 Å². The van der Waals surface area contributed by atoms with Crippen LogP contribution < -0.4 is 41.8 Å². The summed E-state index contributed by atoms with van der Waals surface area (Å²) in [7, 11) is 3.04. The third-order valence-electron chi connectivity index (χ3n) is 14.0. The molecule has 7 N–H and O–H groups in total. The number of alkyl halides is 6. The van der Waals surface area contributed by atoms with E-state index >= 15 is 0 Å². The van der Waals surface area contributed by atoms with E-state index in [-0.39, 0.29) is 49.8 Å². The van der Waals surface area contributed by atoms with Crippen molar-refractivity contribution in [2.45, 2.75) is 101 Å². The van der Waals surface area contributed by atoms with Crippen molar-refractivity contribution in [2.75, 3.05) is 44.7 Å². The summed E-state index contributed by atoms with van der Waals surface area (Å²) in [5.41, 5.74) is 5.20. The lowest BCUT2D eigenvalue weighted by molar-refractivity contribution is -0.277. The van der Waals surface area contributed by atoms with Crippen molar-refractivity contribution in [2.24, 2.45) is 17.6 Å². The molecule has 0 aliphatic carbocycles. The van der Waals surface area contributed by atoms with Gasteiger partial charge in [0.2, 0.25) is 5.91 Å². The molecule has 0 radical (unpaired) electrons. The normalized spacial score (nSPS) is 22.0. The Morgan fingerprint density at radius 3 is 1.70 bits per heavy atom. The maximum atomic E-state index is 14.3. The predicted octanol–water partition coefficient (Wildman–Crippen LogP) is 8.61. The van der Waals surface area contributed by atoms with E-state index in [1.807, 2.05) is 6.92 Å². The number of carbonyl (C=O) groups excluding carboxylic acids is 5. The molecule has 0 bridgehead atoms. The molecule has 0 spiro atoms. The summed E-state index contributed by atoms with van der Waals surface area (Å²) >= 11 is 0. The second kappa shape index (κ2) is 28.9. The van der Waals surface area contributed by atoms with Crippen LogP contribution in [-0.4, -0.2) is 113 Å². The highest BCUT2D eigenvalue weighted by Crippen LogP contribution is 2.36. The van der Waals surface area contributed by atoms with E-state index in [1.165, 1.54) is 38.5 Å². The van der Waals surface area contributed by atoms with Gasteiger partial charge in [-0.15, -0.1) is 0 Å². The lowest BCUT2D eigenvalue weighted by atomic mass is 9.82. The van der Waals surface area contributed by atoms with Gasteiger partial charge in [-0.2, -0.15) is 26.3 Å². The van der Waals surface area contributed by atoms with Crippen molar-refractivity contribution in [1.29, 1.82) is 0 Å². The Balaban J connectivity index is 1.21. The number of benzene rings is 5. The third kappa shape index (κ3) is 18.1. The molecule has 2 aliphatic heterocycles. The van der Waals surface area contributed by atoms with Crippen LogP contribution in [0.25, 0.3) is 0 Å². The number of hydrogen-bond donors (Lipinski definition) is 6. The van der Waals surface area contributed by atoms with Crippen LogP contribution in [0, 0.1) is 11.8 Å². The van der Waals surface area contributed by atoms with Crippen LogP contribution in [0.15, 0.2) is 127 Å². The second-order valence-electron chi connectivity index (χ2n) is 19.8. The summed E-state index contributed by atoms with van der Waals surface area (Å²) in [5, 5.41) is 13.2. The van der Waals surface area contributed by atoms with Gasteiger partial charge in [0.25, 0.3) is 0 Å². The molecule has 19 nitrogen and oxygen atoms in total. The predicted molar refractivity (Wildman–Crippen MR) is 288 cm³/mol. The van der Waals surface area contributed by atoms with Crippen LogP contribution in [0.5, 0.6) is 11.5 Å². The molecule has 0 aromatic heterocycles. The number of carbonyl (C=O) groups is 5. The number of nitrogens with one attached hydrogen (secondary N) is 5. The molecule has 2 fully saturated rings. The Morgan fingerprint density at radius 1 is 0.639 bits per heavy atom. The maximum absolute atomic E-state index is 14.3. The molecule has 83 heavy (non-hydrogen) atoms. The van der Waals surface area contributed by atoms with Gasteiger partial charge in [-0.25, -0.2) is 19.2 Å². The SMILES string of the molecule is COc1ccc(COCC2O[C@@H](O[C@@H]3C(NC(=O)Nc4cccc(C(F)(F)F)c4)COC(COCc4ccc(OC)cc4)[C@@H]3NC(=O)CC[C@@H](N)C(=O)OC(=O)c3ccccc3)C(NC(=O)Nc3cccc(C(F)(F)F)c3)[C@@H](C)[C@H]2C)cc1. The molecule has 4 unspecified atom stereocenters. The highest BCUT2D eigenvalue weighted by molar-refractivity contribution is 5.98. The van der Waals surface area contributed by atoms with Crippen molar-refractivity contribution in [3.8, 4) is 11.5 Å². The fourth-order valence-electron chi connectivity index (χ4n) is 9.17. The van der Waals surface area contributed by atoms with Crippen molar-refractivity contribution in [3.05, 3.63) is 155 Å². The number of amides is 5. The number of halogens is 6. The van der Waals surface area contributed by atoms with Crippen molar-refractivity contribution in [3.63, 3.8) is 0 Å². The molecule has 5 aromatic rings. The standard InChI is InChI=1S/C58H64F6N6O13/c1-33-34(2)49(70-56(75)67-41-15-9-13-39(27-41)58(62,63)64)54(81-46(33)31-78-28-35-16-20-42(76-3)21-17-35)82-51-45(68-55(74)66-40-14-8-12-38(26-40)57(59,60)61)30-80-47(32-79-29-36-18-22-43(77-4)23-19-36)50(51)69-48(71)25-24-44(65)53(73)83-52(72)37-10-6-5-7-11-37/h5-23,26-27,33-34,44-47,49-51,54H,24-25,28-32,65H2,1-4H3,(H,69,71)(H2,66,68,74)(H2,67,70,75)/t33-,34+,44-,45?,46?,47?,49?,50+,51-,54+/m1/s1. The zero-order valence-corrected chi connectivity index (χ0v) is 45.5. The minimum Gasteiger partial charge on any atom is -0.497 e. The van der Waals surface area contributed by atoms with Gasteiger partial charge in [0, 0.05) is 17.8 Å². The Kier molecular flexibility index (Phi) is 21.9. The zero-order valence-electron chi connectivity index (χ0n) is 45.5. The quantitative estimate of drug-likeness (QED) is 0.0216. The Morgan fingerprint density at radius 2 is 1.17 bits per heavy atom. The largest absolute Gasteiger partial charge is 0.497 e. The van der Waals surface area contributed by atoms with Crippen molar-refractivity contribution >= 4 is 41.3 Å². The molecule has 5 amide bonds. The Labute approximate surface area is 474 Å². The molecule has 2 heterocycles. The van der Waals surface area contributed by atoms with Gasteiger partial charge in [-0.3, -0.25) is 4.79 Å². The number of methoxy groups -OCH3 is 2. The average Bonchev–Trinajstić information content (AvgIpc) is 3.25. The molecule has 0 saturated carbocycles. The van der Waals surface area contributed by atoms with E-state index < -0.39 is 127 Å². The van der Waals surface area contributed by atoms with E-state index in [9.17, 15) is 50.3 Å². The molecular formula is C58H64F6N6O13. The number of urea groups is 2. The number of nitrogens with two attached hydrogens (primary N) is 1. The van der Waals surface area contributed by atoms with E-state index in [1.54, 1.807) is 73.7 Å². The van der Waals surface area contributed by atoms with Gasteiger partial charge in [0.05, 0.1) is 88.2 Å². The summed E-state index contributed by atoms with van der Waals surface area (Å²) in [6.07, 6.45) is -15.2. The first kappa shape index (κ1) is 62.8. The molecule has 2 aliphatic rings. The third-order valence-corrected chi connectivity index (χ3v) is 14.0. The Bertz CT molecular complexity index is 2960. The fourth-order valence-corrected chi connectivity index (χ4v) is 9.17. The molecule has 10 atom stereocenters.